The molecule has 0 aliphatic heterocycles. The van der Waals surface area contributed by atoms with Gasteiger partial charge in [-0.3, -0.25) is 9.59 Å². The van der Waals surface area contributed by atoms with Gasteiger partial charge >= 0.3 is 24.2 Å². The van der Waals surface area contributed by atoms with Gasteiger partial charge in [0.15, 0.2) is 11.5 Å². The fourth-order valence-corrected chi connectivity index (χ4v) is 3.75. The predicted molar refractivity (Wildman–Crippen MR) is 138 cm³/mol. The first kappa shape index (κ1) is 32.7. The number of carboxylic acid groups (broad SMARTS) is 1. The van der Waals surface area contributed by atoms with Crippen molar-refractivity contribution in [1.29, 1.82) is 0 Å². The second-order valence-electron chi connectivity index (χ2n) is 9.82. The average molecular weight is 540 g/mol. The van der Waals surface area contributed by atoms with Crippen LogP contribution in [0, 0.1) is 11.8 Å². The van der Waals surface area contributed by atoms with Crippen LogP contribution in [0.5, 0.6) is 11.5 Å². The van der Waals surface area contributed by atoms with Crippen LogP contribution >= 0.6 is 0 Å². The molecular weight excluding hydrogens is 498 g/mol. The Hall–Kier alpha value is -3.34. The van der Waals surface area contributed by atoms with Crippen LogP contribution in [0.3, 0.4) is 0 Å². The van der Waals surface area contributed by atoms with Crippen molar-refractivity contribution in [2.45, 2.75) is 98.5 Å². The fraction of sp³-hybridized carbons (Fsp3) is 0.630. The van der Waals surface area contributed by atoms with Crippen LogP contribution in [0.1, 0.15) is 79.7 Å². The molecular formula is C27H41NO10. The number of aliphatic carboxylic acids is 1. The molecule has 0 saturated carbocycles. The maximum absolute atomic E-state index is 12.5. The second-order valence-corrected chi connectivity index (χ2v) is 9.82. The van der Waals surface area contributed by atoms with E-state index in [9.17, 15) is 24.3 Å². The molecule has 214 valence electrons. The van der Waals surface area contributed by atoms with Gasteiger partial charge in [0, 0.05) is 11.8 Å². The highest BCUT2D eigenvalue weighted by Gasteiger charge is 2.36. The van der Waals surface area contributed by atoms with Crippen LogP contribution in [0.25, 0.3) is 0 Å². The van der Waals surface area contributed by atoms with Gasteiger partial charge in [0.05, 0.1) is 18.1 Å². The van der Waals surface area contributed by atoms with E-state index in [1.807, 2.05) is 6.92 Å². The smallest absolute Gasteiger partial charge is 0.480 e. The highest BCUT2D eigenvalue weighted by molar-refractivity contribution is 5.75. The Morgan fingerprint density at radius 2 is 1.37 bits per heavy atom. The number of esters is 1. The van der Waals surface area contributed by atoms with Crippen LogP contribution < -0.4 is 15.2 Å². The highest BCUT2D eigenvalue weighted by Crippen LogP contribution is 2.37. The van der Waals surface area contributed by atoms with Gasteiger partial charge in [-0.1, -0.05) is 33.3 Å². The molecule has 1 aromatic rings. The summed E-state index contributed by atoms with van der Waals surface area (Å²) in [4.78, 5) is 48.8. The predicted octanol–water partition coefficient (Wildman–Crippen LogP) is 5.03. The van der Waals surface area contributed by atoms with Crippen molar-refractivity contribution < 1.29 is 48.0 Å². The molecule has 0 aromatic heterocycles. The Labute approximate surface area is 223 Å². The van der Waals surface area contributed by atoms with E-state index in [4.69, 9.17) is 29.4 Å². The van der Waals surface area contributed by atoms with Crippen LogP contribution in [0.15, 0.2) is 18.2 Å². The summed E-state index contributed by atoms with van der Waals surface area (Å²) < 4.78 is 26.1. The number of carbonyl (C=O) groups excluding carboxylic acids is 3. The van der Waals surface area contributed by atoms with E-state index in [-0.39, 0.29) is 23.4 Å². The molecule has 38 heavy (non-hydrogen) atoms. The van der Waals surface area contributed by atoms with E-state index in [1.54, 1.807) is 48.5 Å². The third kappa shape index (κ3) is 10.2. The fourth-order valence-electron chi connectivity index (χ4n) is 3.75. The lowest BCUT2D eigenvalue weighted by atomic mass is 9.79. The summed E-state index contributed by atoms with van der Waals surface area (Å²) in [5.41, 5.74) is 6.44. The first-order valence-corrected chi connectivity index (χ1v) is 12.8. The Morgan fingerprint density at radius 3 is 1.84 bits per heavy atom. The molecule has 0 bridgehead atoms. The number of nitrogens with two attached hydrogens (primary N) is 1. The zero-order valence-corrected chi connectivity index (χ0v) is 23.4. The van der Waals surface area contributed by atoms with Crippen LogP contribution in [0.4, 0.5) is 9.59 Å². The Morgan fingerprint density at radius 1 is 0.842 bits per heavy atom. The Bertz CT molecular complexity index is 961. The van der Waals surface area contributed by atoms with Crippen LogP contribution in [0.2, 0.25) is 0 Å². The van der Waals surface area contributed by atoms with E-state index in [0.29, 0.717) is 12.0 Å². The van der Waals surface area contributed by atoms with E-state index in [2.05, 4.69) is 0 Å². The van der Waals surface area contributed by atoms with Gasteiger partial charge in [-0.25, -0.2) is 9.59 Å². The zero-order valence-electron chi connectivity index (χ0n) is 23.4. The van der Waals surface area contributed by atoms with Crippen molar-refractivity contribution in [2.24, 2.45) is 17.6 Å². The molecule has 1 rings (SSSR count). The summed E-state index contributed by atoms with van der Waals surface area (Å²) >= 11 is 0. The monoisotopic (exact) mass is 539 g/mol. The van der Waals surface area contributed by atoms with Crippen molar-refractivity contribution in [2.75, 3.05) is 0 Å². The minimum absolute atomic E-state index is 0.150. The first-order valence-electron chi connectivity index (χ1n) is 12.8. The molecule has 4 unspecified atom stereocenters. The first-order chi connectivity index (χ1) is 17.7. The van der Waals surface area contributed by atoms with Crippen molar-refractivity contribution in [3.63, 3.8) is 0 Å². The molecule has 3 N–H and O–H groups in total. The standard InChI is InChI=1S/C27H41NO10/c1-9-10-16(6)25(31)36-18(8)17(7)22(23(28)24(29)30)19-11-12-20(37-26(32)34-14(2)3)21(13-19)38-27(33)35-15(4)5/h11-18,22-23H,9-10,28H2,1-8H3,(H,29,30)/t16?,17?,18?,22?,23-/m0/s1. The minimum Gasteiger partial charge on any atom is -0.480 e. The van der Waals surface area contributed by atoms with Crippen molar-refractivity contribution >= 4 is 24.2 Å². The van der Waals surface area contributed by atoms with Gasteiger partial charge in [-0.05, 0) is 58.7 Å². The number of carbonyl (C=O) groups is 4. The molecule has 0 spiro atoms. The van der Waals surface area contributed by atoms with Gasteiger partial charge in [0.1, 0.15) is 12.1 Å². The van der Waals surface area contributed by atoms with E-state index < -0.39 is 54.5 Å². The van der Waals surface area contributed by atoms with Gasteiger partial charge in [0.2, 0.25) is 0 Å². The highest BCUT2D eigenvalue weighted by atomic mass is 16.7. The Kier molecular flexibility index (Phi) is 13.0. The maximum atomic E-state index is 12.5. The summed E-state index contributed by atoms with van der Waals surface area (Å²) in [6.07, 6.45) is -2.24. The minimum atomic E-state index is -1.40. The maximum Gasteiger partial charge on any atom is 0.514 e. The average Bonchev–Trinajstić information content (AvgIpc) is 2.79. The molecule has 1 aromatic carbocycles. The molecule has 0 heterocycles. The molecule has 0 amide bonds. The SMILES string of the molecule is CCCC(C)C(=O)OC(C)C(C)C(c1ccc(OC(=O)OC(C)C)c(OC(=O)OC(C)C)c1)[C@H](N)C(=O)O. The third-order valence-electron chi connectivity index (χ3n) is 5.81. The molecule has 0 radical (unpaired) electrons. The van der Waals surface area contributed by atoms with Crippen molar-refractivity contribution in [3.8, 4) is 11.5 Å². The molecule has 0 aliphatic rings. The largest absolute Gasteiger partial charge is 0.514 e. The molecule has 0 fully saturated rings. The number of hydrogen-bond acceptors (Lipinski definition) is 10. The number of ether oxygens (including phenoxy) is 5. The lowest BCUT2D eigenvalue weighted by Gasteiger charge is -2.32. The molecule has 11 nitrogen and oxygen atoms in total. The van der Waals surface area contributed by atoms with E-state index >= 15 is 0 Å². The number of rotatable bonds is 13. The molecule has 0 aliphatic carbocycles. The summed E-state index contributed by atoms with van der Waals surface area (Å²) in [7, 11) is 0. The van der Waals surface area contributed by atoms with Gasteiger partial charge in [-0.15, -0.1) is 0 Å². The molecule has 0 saturated heterocycles. The van der Waals surface area contributed by atoms with Crippen molar-refractivity contribution in [1.82, 2.24) is 0 Å². The Balaban J connectivity index is 3.43. The third-order valence-corrected chi connectivity index (χ3v) is 5.81. The second kappa shape index (κ2) is 15.2. The molecule has 11 heteroatoms. The summed E-state index contributed by atoms with van der Waals surface area (Å²) in [5.74, 6) is -3.77. The lowest BCUT2D eigenvalue weighted by molar-refractivity contribution is -0.155. The normalized spacial score (nSPS) is 15.1. The lowest BCUT2D eigenvalue weighted by Crippen LogP contribution is -2.43. The zero-order chi connectivity index (χ0) is 29.2. The van der Waals surface area contributed by atoms with Crippen molar-refractivity contribution in [3.05, 3.63) is 23.8 Å². The number of hydrogen-bond donors (Lipinski definition) is 2. The van der Waals surface area contributed by atoms with Crippen LogP contribution in [-0.2, 0) is 23.8 Å². The number of benzene rings is 1. The summed E-state index contributed by atoms with van der Waals surface area (Å²) in [6.45, 7) is 13.6. The molecule has 5 atom stereocenters. The van der Waals surface area contributed by atoms with E-state index in [1.165, 1.54) is 18.2 Å². The topological polar surface area (TPSA) is 161 Å². The van der Waals surface area contributed by atoms with Gasteiger partial charge < -0.3 is 34.5 Å². The van der Waals surface area contributed by atoms with Gasteiger partial charge in [-0.2, -0.15) is 0 Å². The number of carboxylic acids is 1. The van der Waals surface area contributed by atoms with Crippen LogP contribution in [-0.4, -0.2) is 53.7 Å². The van der Waals surface area contributed by atoms with E-state index in [0.717, 1.165) is 6.42 Å². The van der Waals surface area contributed by atoms with Gasteiger partial charge in [0.25, 0.3) is 0 Å². The quantitative estimate of drug-likeness (QED) is 0.196. The summed E-state index contributed by atoms with van der Waals surface area (Å²) in [6, 6.07) is 2.78. The summed E-state index contributed by atoms with van der Waals surface area (Å²) in [5, 5.41) is 9.73.